The third-order valence-electron chi connectivity index (χ3n) is 0.947. The molecule has 1 unspecified atom stereocenters. The summed E-state index contributed by atoms with van der Waals surface area (Å²) in [5.74, 6) is 0. The first-order chi connectivity index (χ1) is 3.84. The molecule has 1 fully saturated rings. The molecule has 1 rings (SSSR count). The highest BCUT2D eigenvalue weighted by Gasteiger charge is 2.21. The highest BCUT2D eigenvalue weighted by atomic mass is 16.6. The molecule has 46 valence electrons. The van der Waals surface area contributed by atoms with E-state index >= 15 is 0 Å². The topological polar surface area (TPSA) is 62.1 Å². The summed E-state index contributed by atoms with van der Waals surface area (Å²) in [7, 11) is 0. The smallest absolute Gasteiger partial charge is 0.255 e. The molecule has 1 aliphatic heterocycles. The molecule has 5 heteroatoms. The molecule has 8 heavy (non-hydrogen) atoms. The number of hydrogen-bond donors (Lipinski definition) is 1. The zero-order valence-electron chi connectivity index (χ0n) is 4.15. The van der Waals surface area contributed by atoms with Crippen molar-refractivity contribution < 1.29 is 9.84 Å². The predicted octanol–water partition coefficient (Wildman–Crippen LogP) is -0.724. The van der Waals surface area contributed by atoms with E-state index in [0.717, 1.165) is 5.01 Å². The molecule has 1 saturated heterocycles. The largest absolute Gasteiger partial charge is 0.350 e. The average Bonchev–Trinajstić information content (AvgIpc) is 2.14. The fraction of sp³-hybridized carbons (Fsp3) is 1.00. The molecule has 0 aromatic rings. The van der Waals surface area contributed by atoms with Gasteiger partial charge >= 0.3 is 0 Å². The minimum atomic E-state index is -1.12. The van der Waals surface area contributed by atoms with Crippen LogP contribution in [0.2, 0.25) is 0 Å². The molecular weight excluding hydrogens is 112 g/mol. The Kier molecular flexibility index (Phi) is 1.40. The van der Waals surface area contributed by atoms with Crippen molar-refractivity contribution in [3.8, 4) is 0 Å². The number of aliphatic hydroxyl groups excluding tert-OH is 1. The van der Waals surface area contributed by atoms with Crippen LogP contribution in [0.15, 0.2) is 5.29 Å². The van der Waals surface area contributed by atoms with Gasteiger partial charge in [-0.25, -0.2) is 5.01 Å². The molecule has 0 amide bonds. The van der Waals surface area contributed by atoms with Crippen molar-refractivity contribution >= 4 is 0 Å². The zero-order chi connectivity index (χ0) is 5.98. The van der Waals surface area contributed by atoms with Crippen molar-refractivity contribution in [2.75, 3.05) is 13.2 Å². The van der Waals surface area contributed by atoms with Gasteiger partial charge in [-0.2, -0.15) is 0 Å². The number of ether oxygens (including phenoxy) is 1. The Morgan fingerprint density at radius 3 is 2.88 bits per heavy atom. The third-order valence-corrected chi connectivity index (χ3v) is 0.947. The maximum absolute atomic E-state index is 9.65. The predicted molar refractivity (Wildman–Crippen MR) is 24.5 cm³/mol. The monoisotopic (exact) mass is 118 g/mol. The van der Waals surface area contributed by atoms with Gasteiger partial charge in [-0.05, 0) is 0 Å². The number of rotatable bonds is 1. The summed E-state index contributed by atoms with van der Waals surface area (Å²) in [6, 6.07) is 0. The van der Waals surface area contributed by atoms with Crippen LogP contribution < -0.4 is 0 Å². The van der Waals surface area contributed by atoms with Gasteiger partial charge in [0, 0.05) is 0 Å². The van der Waals surface area contributed by atoms with Crippen LogP contribution in [0, 0.1) is 4.91 Å². The van der Waals surface area contributed by atoms with E-state index in [1.165, 1.54) is 0 Å². The van der Waals surface area contributed by atoms with Crippen LogP contribution in [0.4, 0.5) is 0 Å². The molecule has 0 aromatic heterocycles. The average molecular weight is 118 g/mol. The standard InChI is InChI=1S/C3H6N2O3/c6-3-5(4-7)1-2-8-3/h3,6H,1-2H2. The third kappa shape index (κ3) is 0.775. The van der Waals surface area contributed by atoms with Crippen LogP contribution in [-0.2, 0) is 4.74 Å². The van der Waals surface area contributed by atoms with Crippen LogP contribution in [0.3, 0.4) is 0 Å². The maximum atomic E-state index is 9.65. The highest BCUT2D eigenvalue weighted by molar-refractivity contribution is 4.54. The first kappa shape index (κ1) is 5.46. The van der Waals surface area contributed by atoms with E-state index in [0.29, 0.717) is 13.2 Å². The number of aliphatic hydroxyl groups is 1. The lowest BCUT2D eigenvalue weighted by Crippen LogP contribution is -2.23. The van der Waals surface area contributed by atoms with Crippen molar-refractivity contribution in [1.82, 2.24) is 5.01 Å². The minimum Gasteiger partial charge on any atom is -0.350 e. The summed E-state index contributed by atoms with van der Waals surface area (Å²) in [6.07, 6.45) is -1.12. The Hall–Kier alpha value is -0.680. The van der Waals surface area contributed by atoms with Gasteiger partial charge in [0.1, 0.15) is 0 Å². The molecule has 1 N–H and O–H groups in total. The summed E-state index contributed by atoms with van der Waals surface area (Å²) >= 11 is 0. The minimum absolute atomic E-state index is 0.368. The lowest BCUT2D eigenvalue weighted by atomic mass is 10.7. The van der Waals surface area contributed by atoms with E-state index in [1.54, 1.807) is 0 Å². The summed E-state index contributed by atoms with van der Waals surface area (Å²) in [4.78, 5) is 9.65. The van der Waals surface area contributed by atoms with Crippen LogP contribution in [0.1, 0.15) is 0 Å². The maximum Gasteiger partial charge on any atom is 0.255 e. The molecule has 0 bridgehead atoms. The molecule has 0 spiro atoms. The molecule has 0 saturated carbocycles. The Morgan fingerprint density at radius 1 is 1.88 bits per heavy atom. The molecule has 1 heterocycles. The Balaban J connectivity index is 2.41. The second-order valence-electron chi connectivity index (χ2n) is 1.44. The molecule has 1 aliphatic rings. The Bertz CT molecular complexity index is 96.5. The quantitative estimate of drug-likeness (QED) is 0.461. The van der Waals surface area contributed by atoms with E-state index in [1.807, 2.05) is 0 Å². The fourth-order valence-electron chi connectivity index (χ4n) is 0.529. The van der Waals surface area contributed by atoms with Crippen LogP contribution in [0.25, 0.3) is 0 Å². The van der Waals surface area contributed by atoms with Crippen molar-refractivity contribution in [2.45, 2.75) is 6.41 Å². The van der Waals surface area contributed by atoms with Crippen LogP contribution >= 0.6 is 0 Å². The van der Waals surface area contributed by atoms with Gasteiger partial charge in [-0.3, -0.25) is 0 Å². The summed E-state index contributed by atoms with van der Waals surface area (Å²) in [6.45, 7) is 0.748. The van der Waals surface area contributed by atoms with Gasteiger partial charge in [0.2, 0.25) is 0 Å². The highest BCUT2D eigenvalue weighted by Crippen LogP contribution is 2.05. The van der Waals surface area contributed by atoms with Gasteiger partial charge in [0.15, 0.2) is 0 Å². The molecule has 0 aromatic carbocycles. The zero-order valence-corrected chi connectivity index (χ0v) is 4.15. The molecular formula is C3H6N2O3. The van der Waals surface area contributed by atoms with Crippen LogP contribution in [0.5, 0.6) is 0 Å². The SMILES string of the molecule is O=NN1CCOC1O. The van der Waals surface area contributed by atoms with Gasteiger partial charge in [-0.1, -0.05) is 0 Å². The lowest BCUT2D eigenvalue weighted by Gasteiger charge is -2.07. The second kappa shape index (κ2) is 2.06. The molecule has 5 nitrogen and oxygen atoms in total. The lowest BCUT2D eigenvalue weighted by molar-refractivity contribution is -0.133. The summed E-state index contributed by atoms with van der Waals surface area (Å²) < 4.78 is 4.54. The van der Waals surface area contributed by atoms with Crippen LogP contribution in [-0.4, -0.2) is 29.7 Å². The second-order valence-corrected chi connectivity index (χ2v) is 1.44. The first-order valence-corrected chi connectivity index (χ1v) is 2.24. The van der Waals surface area contributed by atoms with E-state index in [-0.39, 0.29) is 0 Å². The molecule has 0 radical (unpaired) electrons. The van der Waals surface area contributed by atoms with Crippen molar-refractivity contribution in [2.24, 2.45) is 5.29 Å². The Labute approximate surface area is 45.8 Å². The molecule has 0 aliphatic carbocycles. The van der Waals surface area contributed by atoms with Gasteiger partial charge in [0.25, 0.3) is 6.41 Å². The summed E-state index contributed by atoms with van der Waals surface area (Å²) in [5, 5.41) is 12.0. The van der Waals surface area contributed by atoms with E-state index in [9.17, 15) is 4.91 Å². The Morgan fingerprint density at radius 2 is 2.62 bits per heavy atom. The van der Waals surface area contributed by atoms with Crippen molar-refractivity contribution in [1.29, 1.82) is 0 Å². The summed E-state index contributed by atoms with van der Waals surface area (Å²) in [5.41, 5.74) is 0. The van der Waals surface area contributed by atoms with E-state index in [4.69, 9.17) is 5.11 Å². The van der Waals surface area contributed by atoms with Crippen molar-refractivity contribution in [3.63, 3.8) is 0 Å². The fourth-order valence-corrected chi connectivity index (χ4v) is 0.529. The van der Waals surface area contributed by atoms with Crippen molar-refractivity contribution in [3.05, 3.63) is 4.91 Å². The normalized spacial score (nSPS) is 28.6. The molecule has 1 atom stereocenters. The number of nitroso groups, excluding NO2 is 1. The number of hydrogen-bond acceptors (Lipinski definition) is 4. The van der Waals surface area contributed by atoms with Gasteiger partial charge < -0.3 is 9.84 Å². The number of nitrogens with zero attached hydrogens (tertiary/aromatic N) is 2. The van der Waals surface area contributed by atoms with Gasteiger partial charge in [-0.15, -0.1) is 4.91 Å². The van der Waals surface area contributed by atoms with E-state index in [2.05, 4.69) is 10.0 Å². The van der Waals surface area contributed by atoms with Gasteiger partial charge in [0.05, 0.1) is 18.4 Å². The van der Waals surface area contributed by atoms with E-state index < -0.39 is 6.41 Å². The first-order valence-electron chi connectivity index (χ1n) is 2.24.